The van der Waals surface area contributed by atoms with E-state index in [2.05, 4.69) is 11.9 Å². The molecule has 116 valence electrons. The monoisotopic (exact) mass is 292 g/mol. The van der Waals surface area contributed by atoms with Crippen molar-refractivity contribution in [2.24, 2.45) is 5.73 Å². The second-order valence-electron chi connectivity index (χ2n) is 4.48. The molecular formula is C13H32N2O3Si. The maximum Gasteiger partial charge on any atom is 0.252 e. The predicted molar refractivity (Wildman–Crippen MR) is 82.0 cm³/mol. The third-order valence-electron chi connectivity index (χ3n) is 2.95. The lowest BCUT2D eigenvalue weighted by molar-refractivity contribution is -0.325. The van der Waals surface area contributed by atoms with Gasteiger partial charge in [0.15, 0.2) is 0 Å². The first-order chi connectivity index (χ1) is 9.16. The second kappa shape index (κ2) is 11.8. The van der Waals surface area contributed by atoms with Crippen LogP contribution in [0.1, 0.15) is 27.2 Å². The minimum atomic E-state index is -1.30. The Balaban J connectivity index is 4.30. The van der Waals surface area contributed by atoms with Gasteiger partial charge in [-0.3, -0.25) is 0 Å². The van der Waals surface area contributed by atoms with Gasteiger partial charge in [-0.2, -0.15) is 0 Å². The summed E-state index contributed by atoms with van der Waals surface area (Å²) in [6, 6.07) is 1.12. The molecule has 6 heteroatoms. The van der Waals surface area contributed by atoms with Crippen molar-refractivity contribution >= 4 is 8.80 Å². The lowest BCUT2D eigenvalue weighted by Gasteiger charge is -2.37. The normalized spacial score (nSPS) is 13.7. The molecule has 5 nitrogen and oxygen atoms in total. The van der Waals surface area contributed by atoms with Crippen molar-refractivity contribution in [3.63, 3.8) is 0 Å². The average molecular weight is 292 g/mol. The van der Waals surface area contributed by atoms with E-state index in [0.717, 1.165) is 25.6 Å². The number of rotatable bonds is 13. The Morgan fingerprint density at radius 3 is 1.95 bits per heavy atom. The van der Waals surface area contributed by atoms with Gasteiger partial charge in [0.25, 0.3) is 5.60 Å². The van der Waals surface area contributed by atoms with Crippen LogP contribution < -0.4 is 11.1 Å². The molecule has 0 saturated carbocycles. The van der Waals surface area contributed by atoms with Crippen LogP contribution in [-0.2, 0) is 14.2 Å². The zero-order valence-electron chi connectivity index (χ0n) is 13.0. The van der Waals surface area contributed by atoms with Crippen LogP contribution in [0.25, 0.3) is 0 Å². The van der Waals surface area contributed by atoms with Gasteiger partial charge in [0, 0.05) is 32.9 Å². The summed E-state index contributed by atoms with van der Waals surface area (Å²) in [7, 11) is -1.30. The highest BCUT2D eigenvalue weighted by Crippen LogP contribution is 2.23. The first-order valence-corrected chi connectivity index (χ1v) is 10.0. The third-order valence-corrected chi connectivity index (χ3v) is 5.93. The van der Waals surface area contributed by atoms with E-state index in [4.69, 9.17) is 19.9 Å². The molecule has 0 saturated heterocycles. The van der Waals surface area contributed by atoms with Crippen molar-refractivity contribution in [1.29, 1.82) is 0 Å². The van der Waals surface area contributed by atoms with Crippen molar-refractivity contribution in [2.75, 3.05) is 39.5 Å². The van der Waals surface area contributed by atoms with Gasteiger partial charge in [-0.1, -0.05) is 12.6 Å². The first kappa shape index (κ1) is 19.0. The summed E-state index contributed by atoms with van der Waals surface area (Å²) < 4.78 is 17.5. The molecule has 1 unspecified atom stereocenters. The van der Waals surface area contributed by atoms with Gasteiger partial charge >= 0.3 is 0 Å². The van der Waals surface area contributed by atoms with Crippen LogP contribution in [0.2, 0.25) is 12.6 Å². The standard InChI is InChI=1S/C13H32N2O3Si/c1-5-16-13(17-6-2,18-7-3)19(4)12-8-10-15-11-9-14/h15,19H,5-12,14H2,1-4H3. The second-order valence-corrected chi connectivity index (χ2v) is 7.57. The molecule has 1 atom stereocenters. The molecule has 0 aliphatic carbocycles. The van der Waals surface area contributed by atoms with Crippen molar-refractivity contribution in [1.82, 2.24) is 5.32 Å². The van der Waals surface area contributed by atoms with Crippen LogP contribution in [-0.4, -0.2) is 53.8 Å². The van der Waals surface area contributed by atoms with Crippen molar-refractivity contribution < 1.29 is 14.2 Å². The fraction of sp³-hybridized carbons (Fsp3) is 1.00. The predicted octanol–water partition coefficient (Wildman–Crippen LogP) is 1.08. The Morgan fingerprint density at radius 2 is 1.53 bits per heavy atom. The van der Waals surface area contributed by atoms with Gasteiger partial charge in [0.1, 0.15) is 8.80 Å². The van der Waals surface area contributed by atoms with Crippen molar-refractivity contribution in [3.8, 4) is 0 Å². The fourth-order valence-corrected chi connectivity index (χ4v) is 4.62. The summed E-state index contributed by atoms with van der Waals surface area (Å²) in [5, 5.41) is 3.31. The third kappa shape index (κ3) is 7.39. The molecule has 0 aromatic carbocycles. The Kier molecular flexibility index (Phi) is 11.8. The molecule has 0 fully saturated rings. The first-order valence-electron chi connectivity index (χ1n) is 7.49. The highest BCUT2D eigenvalue weighted by molar-refractivity contribution is 6.59. The minimum absolute atomic E-state index is 0.614. The molecule has 0 bridgehead atoms. The Morgan fingerprint density at radius 1 is 1.00 bits per heavy atom. The van der Waals surface area contributed by atoms with Crippen LogP contribution in [0.4, 0.5) is 0 Å². The van der Waals surface area contributed by atoms with Crippen molar-refractivity contribution in [3.05, 3.63) is 0 Å². The summed E-state index contributed by atoms with van der Waals surface area (Å²) in [6.07, 6.45) is 1.11. The summed E-state index contributed by atoms with van der Waals surface area (Å²) in [5.41, 5.74) is 4.69. The van der Waals surface area contributed by atoms with Gasteiger partial charge in [-0.05, 0) is 33.7 Å². The highest BCUT2D eigenvalue weighted by atomic mass is 28.3. The van der Waals surface area contributed by atoms with E-state index in [9.17, 15) is 0 Å². The highest BCUT2D eigenvalue weighted by Gasteiger charge is 2.39. The number of nitrogens with one attached hydrogen (secondary N) is 1. The van der Waals surface area contributed by atoms with Gasteiger partial charge in [-0.25, -0.2) is 0 Å². The molecule has 0 aliphatic heterocycles. The maximum absolute atomic E-state index is 5.83. The maximum atomic E-state index is 5.83. The van der Waals surface area contributed by atoms with Gasteiger partial charge in [0.2, 0.25) is 0 Å². The molecule has 0 radical (unpaired) electrons. The van der Waals surface area contributed by atoms with E-state index in [1.54, 1.807) is 0 Å². The molecule has 0 spiro atoms. The molecule has 0 rings (SSSR count). The summed E-state index contributed by atoms with van der Waals surface area (Å²) in [5.74, 6) is 0. The summed E-state index contributed by atoms with van der Waals surface area (Å²) >= 11 is 0. The SMILES string of the molecule is CCOC(OCC)(OCC)[SiH](C)CCCNCCN. The van der Waals surface area contributed by atoms with E-state index < -0.39 is 14.4 Å². The van der Waals surface area contributed by atoms with E-state index in [0.29, 0.717) is 26.4 Å². The van der Waals surface area contributed by atoms with Gasteiger partial charge in [0.05, 0.1) is 0 Å². The van der Waals surface area contributed by atoms with Crippen LogP contribution in [0.5, 0.6) is 0 Å². The molecule has 0 amide bonds. The zero-order chi connectivity index (χ0) is 14.6. The van der Waals surface area contributed by atoms with Crippen molar-refractivity contribution in [2.45, 2.75) is 45.4 Å². The fourth-order valence-electron chi connectivity index (χ4n) is 2.09. The minimum Gasteiger partial charge on any atom is -0.332 e. The largest absolute Gasteiger partial charge is 0.332 e. The molecule has 3 N–H and O–H groups in total. The van der Waals surface area contributed by atoms with Gasteiger partial charge < -0.3 is 25.3 Å². The summed E-state index contributed by atoms with van der Waals surface area (Å²) in [6.45, 7) is 12.6. The number of hydrogen-bond acceptors (Lipinski definition) is 5. The van der Waals surface area contributed by atoms with Crippen LogP contribution >= 0.6 is 0 Å². The zero-order valence-corrected chi connectivity index (χ0v) is 14.2. The Labute approximate surface area is 119 Å². The van der Waals surface area contributed by atoms with E-state index in [1.807, 2.05) is 20.8 Å². The molecular weight excluding hydrogens is 260 g/mol. The number of nitrogens with two attached hydrogens (primary N) is 1. The van der Waals surface area contributed by atoms with Gasteiger partial charge in [-0.15, -0.1) is 0 Å². The van der Waals surface area contributed by atoms with Crippen LogP contribution in [0.15, 0.2) is 0 Å². The Bertz CT molecular complexity index is 191. The Hall–Kier alpha value is 0.0169. The molecule has 19 heavy (non-hydrogen) atoms. The van der Waals surface area contributed by atoms with Crippen LogP contribution in [0.3, 0.4) is 0 Å². The lowest BCUT2D eigenvalue weighted by atomic mass is 10.5. The van der Waals surface area contributed by atoms with Crippen LogP contribution in [0, 0.1) is 0 Å². The molecule has 0 aliphatic rings. The summed E-state index contributed by atoms with van der Waals surface area (Å²) in [4.78, 5) is 0. The van der Waals surface area contributed by atoms with E-state index in [-0.39, 0.29) is 0 Å². The quantitative estimate of drug-likeness (QED) is 0.302. The molecule has 0 heterocycles. The number of ether oxygens (including phenoxy) is 3. The molecule has 0 aromatic heterocycles. The smallest absolute Gasteiger partial charge is 0.252 e. The van der Waals surface area contributed by atoms with E-state index >= 15 is 0 Å². The van der Waals surface area contributed by atoms with E-state index in [1.165, 1.54) is 0 Å². The average Bonchev–Trinajstić information content (AvgIpc) is 2.39. The molecule has 0 aromatic rings. The topological polar surface area (TPSA) is 65.7 Å². The lowest BCUT2D eigenvalue weighted by Crippen LogP contribution is -2.51. The number of hydrogen-bond donors (Lipinski definition) is 2.